The van der Waals surface area contributed by atoms with Crippen LogP contribution in [0.25, 0.3) is 0 Å². The van der Waals surface area contributed by atoms with Gasteiger partial charge in [-0.2, -0.15) is 0 Å². The predicted molar refractivity (Wildman–Crippen MR) is 86.9 cm³/mol. The van der Waals surface area contributed by atoms with E-state index in [0.29, 0.717) is 0 Å². The minimum absolute atomic E-state index is 0.136. The molecule has 2 aliphatic heterocycles. The number of carbonyl (C=O) groups is 1. The third-order valence-electron chi connectivity index (χ3n) is 5.18. The highest BCUT2D eigenvalue weighted by atomic mass is 16.6. The van der Waals surface area contributed by atoms with E-state index in [-0.39, 0.29) is 21.9 Å². The van der Waals surface area contributed by atoms with Crippen LogP contribution in [0.4, 0.5) is 5.69 Å². The zero-order valence-corrected chi connectivity index (χ0v) is 13.5. The standard InChI is InChI=1S/C17H23N3O3/c1-14(21)19-10-8-17(13-19)7-2-9-18(12-17)11-15-3-5-16(6-4-15)20(22)23/h3-6H,2,7-13H2,1H3. The molecule has 2 saturated heterocycles. The first-order chi connectivity index (χ1) is 11.0. The van der Waals surface area contributed by atoms with Crippen LogP contribution in [0.3, 0.4) is 0 Å². The van der Waals surface area contributed by atoms with E-state index < -0.39 is 0 Å². The SMILES string of the molecule is CC(=O)N1CCC2(CCCN(Cc3ccc([N+](=O)[O-])cc3)C2)C1. The number of carbonyl (C=O) groups excluding carboxylic acids is 1. The molecule has 2 fully saturated rings. The summed E-state index contributed by atoms with van der Waals surface area (Å²) in [5, 5.41) is 10.7. The zero-order valence-electron chi connectivity index (χ0n) is 13.5. The number of non-ortho nitro benzene ring substituents is 1. The van der Waals surface area contributed by atoms with Gasteiger partial charge < -0.3 is 4.90 Å². The number of benzene rings is 1. The molecule has 6 heteroatoms. The average molecular weight is 317 g/mol. The van der Waals surface area contributed by atoms with Gasteiger partial charge in [-0.1, -0.05) is 12.1 Å². The lowest BCUT2D eigenvalue weighted by Gasteiger charge is -2.40. The summed E-state index contributed by atoms with van der Waals surface area (Å²) >= 11 is 0. The number of nitrogens with zero attached hydrogens (tertiary/aromatic N) is 3. The minimum atomic E-state index is -0.367. The molecule has 1 atom stereocenters. The Labute approximate surface area is 136 Å². The van der Waals surface area contributed by atoms with Crippen molar-refractivity contribution in [2.75, 3.05) is 26.2 Å². The van der Waals surface area contributed by atoms with Gasteiger partial charge in [0.25, 0.3) is 5.69 Å². The molecular formula is C17H23N3O3. The Morgan fingerprint density at radius 3 is 2.57 bits per heavy atom. The van der Waals surface area contributed by atoms with Gasteiger partial charge in [-0.25, -0.2) is 0 Å². The van der Waals surface area contributed by atoms with Crippen LogP contribution in [-0.4, -0.2) is 46.8 Å². The summed E-state index contributed by atoms with van der Waals surface area (Å²) in [6.45, 7) is 6.28. The van der Waals surface area contributed by atoms with Crippen LogP contribution in [0, 0.1) is 15.5 Å². The van der Waals surface area contributed by atoms with Crippen LogP contribution in [0.1, 0.15) is 31.7 Å². The van der Waals surface area contributed by atoms with E-state index >= 15 is 0 Å². The molecule has 2 heterocycles. The molecule has 1 aromatic rings. The number of amides is 1. The van der Waals surface area contributed by atoms with E-state index in [9.17, 15) is 14.9 Å². The van der Waals surface area contributed by atoms with E-state index in [1.54, 1.807) is 19.1 Å². The molecule has 124 valence electrons. The third kappa shape index (κ3) is 3.52. The van der Waals surface area contributed by atoms with Crippen molar-refractivity contribution in [3.8, 4) is 0 Å². The molecule has 0 saturated carbocycles. The van der Waals surface area contributed by atoms with Crippen LogP contribution in [0.15, 0.2) is 24.3 Å². The molecule has 23 heavy (non-hydrogen) atoms. The fourth-order valence-electron chi connectivity index (χ4n) is 3.96. The molecule has 0 bridgehead atoms. The smallest absolute Gasteiger partial charge is 0.269 e. The monoisotopic (exact) mass is 317 g/mol. The maximum absolute atomic E-state index is 11.6. The number of likely N-dealkylation sites (tertiary alicyclic amines) is 2. The van der Waals surface area contributed by atoms with Crippen molar-refractivity contribution in [2.45, 2.75) is 32.7 Å². The Morgan fingerprint density at radius 2 is 1.96 bits per heavy atom. The molecular weight excluding hydrogens is 294 g/mol. The molecule has 0 N–H and O–H groups in total. The second kappa shape index (κ2) is 6.28. The van der Waals surface area contributed by atoms with Gasteiger partial charge in [0.05, 0.1) is 4.92 Å². The predicted octanol–water partition coefficient (Wildman–Crippen LogP) is 2.43. The van der Waals surface area contributed by atoms with Crippen molar-refractivity contribution < 1.29 is 9.72 Å². The third-order valence-corrected chi connectivity index (χ3v) is 5.18. The second-order valence-corrected chi connectivity index (χ2v) is 6.93. The Hall–Kier alpha value is -1.95. The van der Waals surface area contributed by atoms with Crippen molar-refractivity contribution in [1.29, 1.82) is 0 Å². The fraction of sp³-hybridized carbons (Fsp3) is 0.588. The number of nitro groups is 1. The van der Waals surface area contributed by atoms with E-state index in [1.807, 2.05) is 17.0 Å². The normalized spacial score (nSPS) is 25.0. The summed E-state index contributed by atoms with van der Waals surface area (Å²) in [5.41, 5.74) is 1.48. The summed E-state index contributed by atoms with van der Waals surface area (Å²) in [5.74, 6) is 0.175. The maximum atomic E-state index is 11.6. The highest BCUT2D eigenvalue weighted by Crippen LogP contribution is 2.39. The van der Waals surface area contributed by atoms with Gasteiger partial charge in [0.15, 0.2) is 0 Å². The summed E-state index contributed by atoms with van der Waals surface area (Å²) in [4.78, 5) is 26.3. The van der Waals surface area contributed by atoms with Crippen LogP contribution in [0.2, 0.25) is 0 Å². The summed E-state index contributed by atoms with van der Waals surface area (Å²) in [6, 6.07) is 6.83. The van der Waals surface area contributed by atoms with Gasteiger partial charge in [0.1, 0.15) is 0 Å². The largest absolute Gasteiger partial charge is 0.342 e. The number of hydrogen-bond acceptors (Lipinski definition) is 4. The van der Waals surface area contributed by atoms with Crippen molar-refractivity contribution in [3.05, 3.63) is 39.9 Å². The Bertz CT molecular complexity index is 602. The lowest BCUT2D eigenvalue weighted by molar-refractivity contribution is -0.384. The minimum Gasteiger partial charge on any atom is -0.342 e. The van der Waals surface area contributed by atoms with E-state index in [4.69, 9.17) is 0 Å². The molecule has 1 amide bonds. The van der Waals surface area contributed by atoms with Gasteiger partial charge in [0, 0.05) is 50.7 Å². The van der Waals surface area contributed by atoms with Crippen LogP contribution >= 0.6 is 0 Å². The van der Waals surface area contributed by atoms with Crippen molar-refractivity contribution in [2.24, 2.45) is 5.41 Å². The van der Waals surface area contributed by atoms with Crippen molar-refractivity contribution in [3.63, 3.8) is 0 Å². The van der Waals surface area contributed by atoms with Crippen LogP contribution in [-0.2, 0) is 11.3 Å². The molecule has 1 unspecified atom stereocenters. The first-order valence-electron chi connectivity index (χ1n) is 8.19. The highest BCUT2D eigenvalue weighted by Gasteiger charge is 2.41. The molecule has 6 nitrogen and oxygen atoms in total. The molecule has 2 aliphatic rings. The molecule has 0 aliphatic carbocycles. The summed E-state index contributed by atoms with van der Waals surface area (Å²) < 4.78 is 0. The number of rotatable bonds is 3. The lowest BCUT2D eigenvalue weighted by Crippen LogP contribution is -2.44. The van der Waals surface area contributed by atoms with E-state index in [2.05, 4.69) is 4.90 Å². The molecule has 1 aromatic carbocycles. The number of nitro benzene ring substituents is 1. The Balaban J connectivity index is 1.63. The quantitative estimate of drug-likeness (QED) is 0.634. The zero-order chi connectivity index (χ0) is 16.4. The molecule has 3 rings (SSSR count). The van der Waals surface area contributed by atoms with Crippen LogP contribution < -0.4 is 0 Å². The molecule has 0 radical (unpaired) electrons. The maximum Gasteiger partial charge on any atom is 0.269 e. The van der Waals surface area contributed by atoms with Gasteiger partial charge in [-0.3, -0.25) is 19.8 Å². The second-order valence-electron chi connectivity index (χ2n) is 6.93. The number of piperidine rings is 1. The van der Waals surface area contributed by atoms with Gasteiger partial charge in [0.2, 0.25) is 5.91 Å². The molecule has 1 spiro atoms. The Kier molecular flexibility index (Phi) is 4.35. The average Bonchev–Trinajstić information content (AvgIpc) is 2.91. The summed E-state index contributed by atoms with van der Waals surface area (Å²) in [6.07, 6.45) is 3.43. The highest BCUT2D eigenvalue weighted by molar-refractivity contribution is 5.73. The fourth-order valence-corrected chi connectivity index (χ4v) is 3.96. The van der Waals surface area contributed by atoms with E-state index in [1.165, 1.54) is 6.42 Å². The first kappa shape index (κ1) is 15.9. The van der Waals surface area contributed by atoms with E-state index in [0.717, 1.165) is 51.1 Å². The lowest BCUT2D eigenvalue weighted by atomic mass is 9.79. The summed E-state index contributed by atoms with van der Waals surface area (Å²) in [7, 11) is 0. The molecule has 0 aromatic heterocycles. The number of hydrogen-bond donors (Lipinski definition) is 0. The van der Waals surface area contributed by atoms with Crippen molar-refractivity contribution >= 4 is 11.6 Å². The first-order valence-corrected chi connectivity index (χ1v) is 8.19. The van der Waals surface area contributed by atoms with Gasteiger partial charge in [-0.15, -0.1) is 0 Å². The van der Waals surface area contributed by atoms with Gasteiger partial charge >= 0.3 is 0 Å². The van der Waals surface area contributed by atoms with Gasteiger partial charge in [-0.05, 0) is 31.4 Å². The van der Waals surface area contributed by atoms with Crippen molar-refractivity contribution in [1.82, 2.24) is 9.80 Å². The Morgan fingerprint density at radius 1 is 1.22 bits per heavy atom. The topological polar surface area (TPSA) is 66.7 Å². The van der Waals surface area contributed by atoms with Crippen LogP contribution in [0.5, 0.6) is 0 Å².